The second-order valence-electron chi connectivity index (χ2n) is 2.36. The highest BCUT2D eigenvalue weighted by atomic mass is 16.2. The number of nitrogens with two attached hydrogens (primary N) is 1. The van der Waals surface area contributed by atoms with Gasteiger partial charge in [-0.3, -0.25) is 9.59 Å². The maximum atomic E-state index is 10.6. The zero-order chi connectivity index (χ0) is 8.27. The molecule has 5 nitrogen and oxygen atoms in total. The molecule has 1 heterocycles. The Morgan fingerprint density at radius 1 is 1.73 bits per heavy atom. The van der Waals surface area contributed by atoms with Crippen LogP contribution in [0.2, 0.25) is 0 Å². The molecule has 2 amide bonds. The van der Waals surface area contributed by atoms with Crippen LogP contribution in [-0.4, -0.2) is 17.5 Å². The van der Waals surface area contributed by atoms with Crippen molar-refractivity contribution in [3.63, 3.8) is 0 Å². The number of hydrogen-bond donors (Lipinski definition) is 2. The highest BCUT2D eigenvalue weighted by Gasteiger charge is 2.14. The first-order chi connectivity index (χ1) is 5.18. The molecule has 0 saturated heterocycles. The van der Waals surface area contributed by atoms with Gasteiger partial charge >= 0.3 is 0 Å². The lowest BCUT2D eigenvalue weighted by Crippen LogP contribution is -2.12. The van der Waals surface area contributed by atoms with Crippen molar-refractivity contribution in [2.75, 3.05) is 0 Å². The van der Waals surface area contributed by atoms with Gasteiger partial charge in [-0.1, -0.05) is 0 Å². The third kappa shape index (κ3) is 2.37. The lowest BCUT2D eigenvalue weighted by atomic mass is 10.1. The molecular formula is C6H9N3O2. The van der Waals surface area contributed by atoms with Gasteiger partial charge in [-0.15, -0.1) is 0 Å². The minimum absolute atomic E-state index is 0.121. The lowest BCUT2D eigenvalue weighted by molar-refractivity contribution is -0.119. The van der Waals surface area contributed by atoms with Crippen molar-refractivity contribution in [2.24, 2.45) is 10.8 Å². The van der Waals surface area contributed by atoms with Crippen LogP contribution >= 0.6 is 0 Å². The Labute approximate surface area is 63.6 Å². The van der Waals surface area contributed by atoms with E-state index in [0.717, 1.165) is 0 Å². The van der Waals surface area contributed by atoms with Gasteiger partial charge < -0.3 is 5.73 Å². The molecule has 1 aliphatic heterocycles. The van der Waals surface area contributed by atoms with Crippen molar-refractivity contribution in [1.29, 1.82) is 0 Å². The smallest absolute Gasteiger partial charge is 0.245 e. The van der Waals surface area contributed by atoms with Gasteiger partial charge in [-0.05, 0) is 6.42 Å². The molecule has 0 fully saturated rings. The highest BCUT2D eigenvalue weighted by molar-refractivity contribution is 6.05. The summed E-state index contributed by atoms with van der Waals surface area (Å²) in [5, 5.41) is 3.70. The zero-order valence-electron chi connectivity index (χ0n) is 5.96. The standard InChI is InChI=1S/C6H9N3O2/c7-5(10)2-1-4-3-6(11)9-8-4/h1-3H2,(H2,7,10)(H,9,11). The van der Waals surface area contributed by atoms with Crippen molar-refractivity contribution in [1.82, 2.24) is 5.43 Å². The van der Waals surface area contributed by atoms with E-state index >= 15 is 0 Å². The van der Waals surface area contributed by atoms with Crippen molar-refractivity contribution >= 4 is 17.5 Å². The molecule has 0 spiro atoms. The van der Waals surface area contributed by atoms with Crippen LogP contribution in [0, 0.1) is 0 Å². The van der Waals surface area contributed by atoms with Crippen molar-refractivity contribution < 1.29 is 9.59 Å². The monoisotopic (exact) mass is 155 g/mol. The molecule has 1 rings (SSSR count). The van der Waals surface area contributed by atoms with Crippen LogP contribution < -0.4 is 11.2 Å². The first-order valence-corrected chi connectivity index (χ1v) is 3.31. The van der Waals surface area contributed by atoms with E-state index in [1.807, 2.05) is 0 Å². The number of primary amides is 1. The average Bonchev–Trinajstić information content (AvgIpc) is 2.31. The average molecular weight is 155 g/mol. The highest BCUT2D eigenvalue weighted by Crippen LogP contribution is 2.01. The van der Waals surface area contributed by atoms with E-state index in [1.165, 1.54) is 0 Å². The SMILES string of the molecule is NC(=O)CCC1=NNC(=O)C1. The lowest BCUT2D eigenvalue weighted by Gasteiger charge is -1.92. The molecule has 5 heteroatoms. The number of nitrogens with one attached hydrogen (secondary N) is 1. The first-order valence-electron chi connectivity index (χ1n) is 3.31. The Morgan fingerprint density at radius 2 is 2.45 bits per heavy atom. The predicted octanol–water partition coefficient (Wildman–Crippen LogP) is -0.872. The molecule has 11 heavy (non-hydrogen) atoms. The molecule has 1 aliphatic rings. The van der Waals surface area contributed by atoms with Crippen LogP contribution in [0.4, 0.5) is 0 Å². The Hall–Kier alpha value is -1.39. The molecule has 0 aromatic heterocycles. The van der Waals surface area contributed by atoms with Gasteiger partial charge in [0.1, 0.15) is 0 Å². The minimum Gasteiger partial charge on any atom is -0.370 e. The third-order valence-electron chi connectivity index (χ3n) is 1.36. The summed E-state index contributed by atoms with van der Waals surface area (Å²) in [5.74, 6) is -0.489. The summed E-state index contributed by atoms with van der Waals surface area (Å²) in [4.78, 5) is 20.9. The molecule has 60 valence electrons. The maximum absolute atomic E-state index is 10.6. The van der Waals surface area contributed by atoms with Crippen LogP contribution in [0.15, 0.2) is 5.10 Å². The van der Waals surface area contributed by atoms with Gasteiger partial charge in [0.25, 0.3) is 0 Å². The summed E-state index contributed by atoms with van der Waals surface area (Å²) in [6.45, 7) is 0. The van der Waals surface area contributed by atoms with E-state index in [0.29, 0.717) is 18.6 Å². The van der Waals surface area contributed by atoms with E-state index in [4.69, 9.17) is 5.73 Å². The zero-order valence-corrected chi connectivity index (χ0v) is 5.96. The molecule has 0 unspecified atom stereocenters. The Kier molecular flexibility index (Phi) is 2.20. The first kappa shape index (κ1) is 7.71. The number of carbonyl (C=O) groups is 2. The maximum Gasteiger partial charge on any atom is 0.245 e. The third-order valence-corrected chi connectivity index (χ3v) is 1.36. The molecule has 0 saturated carbocycles. The summed E-state index contributed by atoms with van der Waals surface area (Å²) >= 11 is 0. The van der Waals surface area contributed by atoms with Crippen LogP contribution in [0.5, 0.6) is 0 Å². The molecule has 0 aromatic rings. The Morgan fingerprint density at radius 3 is 2.91 bits per heavy atom. The number of rotatable bonds is 3. The van der Waals surface area contributed by atoms with E-state index in [2.05, 4.69) is 10.5 Å². The van der Waals surface area contributed by atoms with Crippen molar-refractivity contribution in [3.8, 4) is 0 Å². The van der Waals surface area contributed by atoms with Crippen LogP contribution in [0.1, 0.15) is 19.3 Å². The van der Waals surface area contributed by atoms with E-state index in [9.17, 15) is 9.59 Å². The number of amides is 2. The molecule has 0 radical (unpaired) electrons. The fraction of sp³-hybridized carbons (Fsp3) is 0.500. The Bertz CT molecular complexity index is 222. The fourth-order valence-corrected chi connectivity index (χ4v) is 0.818. The summed E-state index contributed by atoms with van der Waals surface area (Å²) in [6, 6.07) is 0. The van der Waals surface area contributed by atoms with Gasteiger partial charge in [0, 0.05) is 12.1 Å². The Balaban J connectivity index is 2.28. The van der Waals surface area contributed by atoms with Crippen molar-refractivity contribution in [2.45, 2.75) is 19.3 Å². The van der Waals surface area contributed by atoms with E-state index < -0.39 is 0 Å². The van der Waals surface area contributed by atoms with Crippen LogP contribution in [0.25, 0.3) is 0 Å². The van der Waals surface area contributed by atoms with Crippen LogP contribution in [0.3, 0.4) is 0 Å². The molecule has 0 bridgehead atoms. The van der Waals surface area contributed by atoms with Gasteiger partial charge in [-0.2, -0.15) is 5.10 Å². The number of hydrogen-bond acceptors (Lipinski definition) is 3. The summed E-state index contributed by atoms with van der Waals surface area (Å²) in [6.07, 6.45) is 1.04. The van der Waals surface area contributed by atoms with E-state index in [1.54, 1.807) is 0 Å². The molecular weight excluding hydrogens is 146 g/mol. The molecule has 0 aliphatic carbocycles. The van der Waals surface area contributed by atoms with E-state index in [-0.39, 0.29) is 18.2 Å². The summed E-state index contributed by atoms with van der Waals surface area (Å²) in [7, 11) is 0. The van der Waals surface area contributed by atoms with Crippen molar-refractivity contribution in [3.05, 3.63) is 0 Å². The van der Waals surface area contributed by atoms with Gasteiger partial charge in [0.15, 0.2) is 0 Å². The quantitative estimate of drug-likeness (QED) is 0.555. The molecule has 0 atom stereocenters. The second-order valence-corrected chi connectivity index (χ2v) is 2.36. The summed E-state index contributed by atoms with van der Waals surface area (Å²) < 4.78 is 0. The normalized spacial score (nSPS) is 16.0. The molecule has 0 aromatic carbocycles. The second kappa shape index (κ2) is 3.14. The predicted molar refractivity (Wildman–Crippen MR) is 38.6 cm³/mol. The number of hydrazone groups is 1. The van der Waals surface area contributed by atoms with Gasteiger partial charge in [0.05, 0.1) is 6.42 Å². The number of nitrogens with zero attached hydrogens (tertiary/aromatic N) is 1. The van der Waals surface area contributed by atoms with Crippen LogP contribution in [-0.2, 0) is 9.59 Å². The van der Waals surface area contributed by atoms with Gasteiger partial charge in [-0.25, -0.2) is 5.43 Å². The van der Waals surface area contributed by atoms with Gasteiger partial charge in [0.2, 0.25) is 11.8 Å². The topological polar surface area (TPSA) is 84.6 Å². The fourth-order valence-electron chi connectivity index (χ4n) is 0.818. The number of carbonyl (C=O) groups excluding carboxylic acids is 2. The molecule has 3 N–H and O–H groups in total. The largest absolute Gasteiger partial charge is 0.370 e. The summed E-state index contributed by atoms with van der Waals surface area (Å²) in [5.41, 5.74) is 7.90. The minimum atomic E-state index is -0.368.